The van der Waals surface area contributed by atoms with E-state index >= 15 is 0 Å². The van der Waals surface area contributed by atoms with Crippen LogP contribution < -0.4 is 0 Å². The molecule has 0 aliphatic carbocycles. The number of benzene rings is 2. The summed E-state index contributed by atoms with van der Waals surface area (Å²) in [6.45, 7) is 2.14. The molecule has 8 heteroatoms. The van der Waals surface area contributed by atoms with Gasteiger partial charge in [0, 0.05) is 31.0 Å². The predicted molar refractivity (Wildman–Crippen MR) is 117 cm³/mol. The monoisotopic (exact) mass is 415 g/mol. The van der Waals surface area contributed by atoms with Gasteiger partial charge in [-0.25, -0.2) is 4.98 Å². The Hall–Kier alpha value is -3.55. The molecule has 0 spiro atoms. The second-order valence-electron chi connectivity index (χ2n) is 7.97. The number of amides is 1. The lowest BCUT2D eigenvalue weighted by Gasteiger charge is -2.31. The molecule has 0 saturated carbocycles. The normalized spacial score (nSPS) is 14.9. The van der Waals surface area contributed by atoms with E-state index in [0.29, 0.717) is 31.1 Å². The highest BCUT2D eigenvalue weighted by atomic mass is 16.2. The molecule has 0 radical (unpaired) electrons. The van der Waals surface area contributed by atoms with Crippen LogP contribution in [0.5, 0.6) is 0 Å². The summed E-state index contributed by atoms with van der Waals surface area (Å²) in [6.07, 6.45) is 3.08. The van der Waals surface area contributed by atoms with Crippen molar-refractivity contribution in [3.8, 4) is 11.4 Å². The molecule has 1 saturated heterocycles. The molecule has 1 amide bonds. The maximum atomic E-state index is 12.6. The van der Waals surface area contributed by atoms with Crippen LogP contribution in [0.25, 0.3) is 22.4 Å². The number of para-hydroxylation sites is 2. The molecule has 0 atom stereocenters. The van der Waals surface area contributed by atoms with Crippen LogP contribution in [0.4, 0.5) is 0 Å². The molecular weight excluding hydrogens is 390 g/mol. The minimum atomic E-state index is 0.200. The lowest BCUT2D eigenvalue weighted by Crippen LogP contribution is -2.38. The number of rotatable bonds is 6. The average Bonchev–Trinajstić information content (AvgIpc) is 3.47. The van der Waals surface area contributed by atoms with Gasteiger partial charge < -0.3 is 9.88 Å². The number of nitrogens with zero attached hydrogens (tertiary/aromatic N) is 6. The fourth-order valence-electron chi connectivity index (χ4n) is 4.14. The Morgan fingerprint density at radius 3 is 2.61 bits per heavy atom. The number of aromatic amines is 1. The minimum absolute atomic E-state index is 0.200. The van der Waals surface area contributed by atoms with Crippen molar-refractivity contribution in [2.75, 3.05) is 13.1 Å². The van der Waals surface area contributed by atoms with Crippen LogP contribution in [0.15, 0.2) is 54.6 Å². The van der Waals surface area contributed by atoms with E-state index in [1.54, 1.807) is 4.80 Å². The topological polar surface area (TPSA) is 92.6 Å². The smallest absolute Gasteiger partial charge is 0.222 e. The Labute approximate surface area is 180 Å². The van der Waals surface area contributed by atoms with Crippen LogP contribution in [0.1, 0.15) is 37.4 Å². The van der Waals surface area contributed by atoms with Gasteiger partial charge in [0.05, 0.1) is 17.6 Å². The molecule has 1 N–H and O–H groups in total. The maximum Gasteiger partial charge on any atom is 0.222 e. The third-order valence-corrected chi connectivity index (χ3v) is 5.88. The maximum absolute atomic E-state index is 12.6. The second-order valence-corrected chi connectivity index (χ2v) is 7.97. The zero-order valence-electron chi connectivity index (χ0n) is 17.3. The highest BCUT2D eigenvalue weighted by molar-refractivity contribution is 5.76. The number of H-pyrrole nitrogens is 1. The Morgan fingerprint density at radius 2 is 1.81 bits per heavy atom. The number of carbonyl (C=O) groups is 1. The number of piperidine rings is 1. The largest absolute Gasteiger partial charge is 0.343 e. The summed E-state index contributed by atoms with van der Waals surface area (Å²) in [5.74, 6) is 2.23. The molecule has 0 unspecified atom stereocenters. The second kappa shape index (κ2) is 8.67. The number of aryl methyl sites for hydroxylation is 1. The molecule has 8 nitrogen and oxygen atoms in total. The van der Waals surface area contributed by atoms with Gasteiger partial charge in [0.15, 0.2) is 0 Å². The summed E-state index contributed by atoms with van der Waals surface area (Å²) in [6, 6.07) is 17.9. The van der Waals surface area contributed by atoms with Gasteiger partial charge >= 0.3 is 0 Å². The first-order valence-corrected chi connectivity index (χ1v) is 10.8. The number of carbonyl (C=O) groups excluding carboxylic acids is 1. The van der Waals surface area contributed by atoms with Gasteiger partial charge in [0.25, 0.3) is 0 Å². The number of likely N-dealkylation sites (tertiary alicyclic amines) is 1. The molecule has 2 aromatic carbocycles. The number of aromatic nitrogens is 6. The van der Waals surface area contributed by atoms with Crippen LogP contribution in [-0.4, -0.2) is 54.1 Å². The summed E-state index contributed by atoms with van der Waals surface area (Å²) in [7, 11) is 0. The average molecular weight is 416 g/mol. The van der Waals surface area contributed by atoms with Gasteiger partial charge in [-0.05, 0) is 36.6 Å². The van der Waals surface area contributed by atoms with E-state index in [1.807, 2.05) is 53.4 Å². The van der Waals surface area contributed by atoms with Crippen molar-refractivity contribution in [1.29, 1.82) is 0 Å². The third-order valence-electron chi connectivity index (χ3n) is 5.88. The SMILES string of the molecule is O=C(CCCn1nnc(-c2ccccc2)n1)N1CCC(c2nc3ccccc3[nH]2)CC1. The number of hydrogen-bond donors (Lipinski definition) is 1. The lowest BCUT2D eigenvalue weighted by atomic mass is 9.96. The Balaban J connectivity index is 1.09. The quantitative estimate of drug-likeness (QED) is 0.521. The van der Waals surface area contributed by atoms with Crippen LogP contribution in [0, 0.1) is 0 Å². The summed E-state index contributed by atoms with van der Waals surface area (Å²) in [5.41, 5.74) is 3.03. The van der Waals surface area contributed by atoms with E-state index in [9.17, 15) is 4.79 Å². The van der Waals surface area contributed by atoms with Gasteiger partial charge in [0.2, 0.25) is 11.7 Å². The highest BCUT2D eigenvalue weighted by Gasteiger charge is 2.25. The third kappa shape index (κ3) is 4.33. The van der Waals surface area contributed by atoms with E-state index in [2.05, 4.69) is 26.5 Å². The summed E-state index contributed by atoms with van der Waals surface area (Å²) in [4.78, 5) is 24.4. The zero-order chi connectivity index (χ0) is 21.0. The predicted octanol–water partition coefficient (Wildman–Crippen LogP) is 3.40. The number of tetrazole rings is 1. The molecule has 5 rings (SSSR count). The van der Waals surface area contributed by atoms with Crippen LogP contribution in [0.3, 0.4) is 0 Å². The summed E-state index contributed by atoms with van der Waals surface area (Å²) < 4.78 is 0. The molecule has 1 aliphatic heterocycles. The van der Waals surface area contributed by atoms with Gasteiger partial charge in [-0.2, -0.15) is 4.80 Å². The Bertz CT molecular complexity index is 1130. The summed E-state index contributed by atoms with van der Waals surface area (Å²) >= 11 is 0. The standard InChI is InChI=1S/C23H25N7O/c31-21(11-6-14-30-27-23(26-28-30)17-7-2-1-3-8-17)29-15-12-18(13-16-29)22-24-19-9-4-5-10-20(19)25-22/h1-5,7-10,18H,6,11-16H2,(H,24,25). The molecule has 3 heterocycles. The first-order chi connectivity index (χ1) is 15.3. The highest BCUT2D eigenvalue weighted by Crippen LogP contribution is 2.28. The van der Waals surface area contributed by atoms with E-state index in [-0.39, 0.29) is 5.91 Å². The van der Waals surface area contributed by atoms with Crippen molar-refractivity contribution in [3.05, 3.63) is 60.4 Å². The van der Waals surface area contributed by atoms with E-state index in [1.165, 1.54) is 0 Å². The van der Waals surface area contributed by atoms with Gasteiger partial charge in [-0.15, -0.1) is 10.2 Å². The van der Waals surface area contributed by atoms with Crippen molar-refractivity contribution < 1.29 is 4.79 Å². The first-order valence-electron chi connectivity index (χ1n) is 10.8. The molecule has 158 valence electrons. The molecule has 0 bridgehead atoms. The molecule has 4 aromatic rings. The van der Waals surface area contributed by atoms with Crippen molar-refractivity contribution in [2.45, 2.75) is 38.1 Å². The van der Waals surface area contributed by atoms with E-state index < -0.39 is 0 Å². The van der Waals surface area contributed by atoms with Crippen molar-refractivity contribution in [3.63, 3.8) is 0 Å². The molecule has 31 heavy (non-hydrogen) atoms. The van der Waals surface area contributed by atoms with Gasteiger partial charge in [-0.3, -0.25) is 4.79 Å². The number of imidazole rings is 1. The zero-order valence-corrected chi connectivity index (χ0v) is 17.3. The minimum Gasteiger partial charge on any atom is -0.343 e. The van der Waals surface area contributed by atoms with Crippen molar-refractivity contribution in [2.24, 2.45) is 0 Å². The lowest BCUT2D eigenvalue weighted by molar-refractivity contribution is -0.132. The Morgan fingerprint density at radius 1 is 1.03 bits per heavy atom. The fourth-order valence-corrected chi connectivity index (χ4v) is 4.14. The van der Waals surface area contributed by atoms with Gasteiger partial charge in [0.1, 0.15) is 5.82 Å². The van der Waals surface area contributed by atoms with Crippen molar-refractivity contribution >= 4 is 16.9 Å². The van der Waals surface area contributed by atoms with Crippen molar-refractivity contribution in [1.82, 2.24) is 35.1 Å². The fraction of sp³-hybridized carbons (Fsp3) is 0.348. The Kier molecular flexibility index (Phi) is 5.43. The van der Waals surface area contributed by atoms with E-state index in [0.717, 1.165) is 48.4 Å². The van der Waals surface area contributed by atoms with Crippen LogP contribution >= 0.6 is 0 Å². The number of hydrogen-bond acceptors (Lipinski definition) is 5. The summed E-state index contributed by atoms with van der Waals surface area (Å²) in [5, 5.41) is 12.6. The van der Waals surface area contributed by atoms with Gasteiger partial charge in [-0.1, -0.05) is 42.5 Å². The molecule has 1 aliphatic rings. The molecular formula is C23H25N7O. The molecule has 2 aromatic heterocycles. The number of nitrogens with one attached hydrogen (secondary N) is 1. The first kappa shape index (κ1) is 19.4. The van der Waals surface area contributed by atoms with Crippen LogP contribution in [-0.2, 0) is 11.3 Å². The van der Waals surface area contributed by atoms with E-state index in [4.69, 9.17) is 4.98 Å². The number of fused-ring (bicyclic) bond motifs is 1. The van der Waals surface area contributed by atoms with Crippen LogP contribution in [0.2, 0.25) is 0 Å². The molecule has 1 fully saturated rings.